The summed E-state index contributed by atoms with van der Waals surface area (Å²) in [6, 6.07) is 3.64. The highest BCUT2D eigenvalue weighted by Crippen LogP contribution is 2.26. The number of nitrogens with one attached hydrogen (secondary N) is 2. The Balaban J connectivity index is 0.00000300. The molecule has 162 valence electrons. The lowest BCUT2D eigenvalue weighted by Crippen LogP contribution is -2.46. The highest BCUT2D eigenvalue weighted by Gasteiger charge is 2.31. The number of hydrogen-bond acceptors (Lipinski definition) is 2. The highest BCUT2D eigenvalue weighted by atomic mass is 127. The van der Waals surface area contributed by atoms with E-state index in [0.717, 1.165) is 50.8 Å². The van der Waals surface area contributed by atoms with Gasteiger partial charge in [0.1, 0.15) is 11.6 Å². The minimum Gasteiger partial charge on any atom is -0.356 e. The third-order valence-electron chi connectivity index (χ3n) is 5.71. The molecule has 1 aliphatic carbocycles. The number of carbonyl (C=O) groups is 1. The van der Waals surface area contributed by atoms with Crippen LogP contribution in [0.4, 0.5) is 8.78 Å². The zero-order chi connectivity index (χ0) is 19.9. The van der Waals surface area contributed by atoms with Crippen LogP contribution in [0, 0.1) is 17.6 Å². The van der Waals surface area contributed by atoms with Gasteiger partial charge in [-0.3, -0.25) is 9.79 Å². The zero-order valence-corrected chi connectivity index (χ0v) is 19.3. The van der Waals surface area contributed by atoms with Crippen molar-refractivity contribution in [3.8, 4) is 0 Å². The second kappa shape index (κ2) is 11.7. The van der Waals surface area contributed by atoms with Gasteiger partial charge in [0, 0.05) is 38.6 Å². The van der Waals surface area contributed by atoms with E-state index in [1.54, 1.807) is 7.05 Å². The molecule has 8 heteroatoms. The van der Waals surface area contributed by atoms with Gasteiger partial charge in [-0.15, -0.1) is 24.0 Å². The summed E-state index contributed by atoms with van der Waals surface area (Å²) < 4.78 is 26.9. The summed E-state index contributed by atoms with van der Waals surface area (Å²) in [6.45, 7) is 1.91. The van der Waals surface area contributed by atoms with Gasteiger partial charge in [-0.1, -0.05) is 19.3 Å². The summed E-state index contributed by atoms with van der Waals surface area (Å²) in [4.78, 5) is 18.9. The lowest BCUT2D eigenvalue weighted by molar-refractivity contribution is -0.135. The fourth-order valence-corrected chi connectivity index (χ4v) is 4.12. The second-order valence-corrected chi connectivity index (χ2v) is 7.73. The van der Waals surface area contributed by atoms with E-state index in [9.17, 15) is 13.6 Å². The van der Waals surface area contributed by atoms with E-state index in [0.29, 0.717) is 36.9 Å². The van der Waals surface area contributed by atoms with E-state index in [2.05, 4.69) is 15.6 Å². The minimum atomic E-state index is -0.437. The molecule has 0 radical (unpaired) electrons. The van der Waals surface area contributed by atoms with Crippen LogP contribution < -0.4 is 10.6 Å². The fourth-order valence-electron chi connectivity index (χ4n) is 4.12. The number of nitrogens with zero attached hydrogens (tertiary/aromatic N) is 2. The van der Waals surface area contributed by atoms with Crippen molar-refractivity contribution in [1.82, 2.24) is 15.5 Å². The van der Waals surface area contributed by atoms with Crippen LogP contribution in [0.25, 0.3) is 0 Å². The zero-order valence-electron chi connectivity index (χ0n) is 16.9. The first-order valence-corrected chi connectivity index (χ1v) is 10.3. The van der Waals surface area contributed by atoms with Crippen molar-refractivity contribution in [2.75, 3.05) is 26.7 Å². The molecule has 0 bridgehead atoms. The molecule has 5 nitrogen and oxygen atoms in total. The van der Waals surface area contributed by atoms with E-state index in [-0.39, 0.29) is 35.9 Å². The van der Waals surface area contributed by atoms with Crippen LogP contribution in [0.3, 0.4) is 0 Å². The van der Waals surface area contributed by atoms with Crippen LogP contribution >= 0.6 is 24.0 Å². The van der Waals surface area contributed by atoms with Gasteiger partial charge < -0.3 is 15.5 Å². The Morgan fingerprint density at radius 2 is 1.97 bits per heavy atom. The van der Waals surface area contributed by atoms with Crippen LogP contribution in [-0.2, 0) is 11.2 Å². The molecule has 0 spiro atoms. The first kappa shape index (κ1) is 23.8. The lowest BCUT2D eigenvalue weighted by Gasteiger charge is -2.26. The quantitative estimate of drug-likeness (QED) is 0.355. The maximum atomic E-state index is 13.7. The molecular weight excluding hydrogens is 489 g/mol. The summed E-state index contributed by atoms with van der Waals surface area (Å²) in [6.07, 6.45) is 6.86. The van der Waals surface area contributed by atoms with E-state index in [1.165, 1.54) is 12.5 Å². The Kier molecular flexibility index (Phi) is 9.58. The summed E-state index contributed by atoms with van der Waals surface area (Å²) in [5.41, 5.74) is 0.341. The van der Waals surface area contributed by atoms with E-state index in [1.807, 2.05) is 4.90 Å². The third kappa shape index (κ3) is 6.79. The van der Waals surface area contributed by atoms with Crippen molar-refractivity contribution in [3.05, 3.63) is 35.4 Å². The first-order valence-electron chi connectivity index (χ1n) is 10.3. The molecular formula is C21H31F2IN4O. The number of benzene rings is 1. The molecule has 2 aliphatic rings. The van der Waals surface area contributed by atoms with Gasteiger partial charge in [0.2, 0.25) is 5.91 Å². The molecule has 1 saturated carbocycles. The maximum absolute atomic E-state index is 13.7. The second-order valence-electron chi connectivity index (χ2n) is 7.73. The van der Waals surface area contributed by atoms with Gasteiger partial charge in [0.05, 0.1) is 0 Å². The topological polar surface area (TPSA) is 56.7 Å². The number of amides is 1. The molecule has 1 atom stereocenters. The van der Waals surface area contributed by atoms with Crippen molar-refractivity contribution < 1.29 is 13.6 Å². The summed E-state index contributed by atoms with van der Waals surface area (Å²) in [5, 5.41) is 6.49. The maximum Gasteiger partial charge on any atom is 0.225 e. The standard InChI is InChI=1S/C21H30F2N4O.HI/c1-24-21(25-11-9-16-13-17(22)7-8-19(16)23)26-18-10-12-27(14-18)20(28)15-5-3-2-4-6-15;/h7-8,13,15,18H,2-6,9-12,14H2,1H3,(H2,24,25,26);1H. The van der Waals surface area contributed by atoms with Crippen molar-refractivity contribution >= 4 is 35.8 Å². The molecule has 2 N–H and O–H groups in total. The molecule has 2 fully saturated rings. The van der Waals surface area contributed by atoms with Gasteiger partial charge in [-0.25, -0.2) is 8.78 Å². The molecule has 29 heavy (non-hydrogen) atoms. The molecule has 1 heterocycles. The van der Waals surface area contributed by atoms with Gasteiger partial charge >= 0.3 is 0 Å². The van der Waals surface area contributed by atoms with Crippen LogP contribution in [-0.4, -0.2) is 49.5 Å². The summed E-state index contributed by atoms with van der Waals surface area (Å²) >= 11 is 0. The molecule has 3 rings (SSSR count). The number of rotatable bonds is 5. The predicted molar refractivity (Wildman–Crippen MR) is 122 cm³/mol. The Hall–Kier alpha value is -1.45. The average molecular weight is 520 g/mol. The molecule has 1 amide bonds. The molecule has 1 aromatic rings. The Labute approximate surface area is 188 Å². The van der Waals surface area contributed by atoms with Gasteiger partial charge in [0.25, 0.3) is 0 Å². The number of likely N-dealkylation sites (tertiary alicyclic amines) is 1. The van der Waals surface area contributed by atoms with Gasteiger partial charge in [0.15, 0.2) is 5.96 Å². The Morgan fingerprint density at radius 3 is 2.69 bits per heavy atom. The average Bonchev–Trinajstić information content (AvgIpc) is 3.18. The SMILES string of the molecule is CN=C(NCCc1cc(F)ccc1F)NC1CCN(C(=O)C2CCCCC2)C1.I. The molecule has 1 unspecified atom stereocenters. The largest absolute Gasteiger partial charge is 0.356 e. The number of halogens is 3. The number of guanidine groups is 1. The fraction of sp³-hybridized carbons (Fsp3) is 0.619. The van der Waals surface area contributed by atoms with E-state index < -0.39 is 11.6 Å². The normalized spacial score (nSPS) is 20.3. The molecule has 1 aromatic carbocycles. The smallest absolute Gasteiger partial charge is 0.225 e. The van der Waals surface area contributed by atoms with Crippen LogP contribution in [0.2, 0.25) is 0 Å². The Morgan fingerprint density at radius 1 is 1.21 bits per heavy atom. The van der Waals surface area contributed by atoms with Crippen LogP contribution in [0.5, 0.6) is 0 Å². The van der Waals surface area contributed by atoms with Gasteiger partial charge in [-0.05, 0) is 49.4 Å². The van der Waals surface area contributed by atoms with Gasteiger partial charge in [-0.2, -0.15) is 0 Å². The summed E-state index contributed by atoms with van der Waals surface area (Å²) in [7, 11) is 1.68. The minimum absolute atomic E-state index is 0. The predicted octanol–water partition coefficient (Wildman–Crippen LogP) is 3.47. The molecule has 1 saturated heterocycles. The Bertz CT molecular complexity index is 710. The number of aliphatic imine (C=N–C) groups is 1. The van der Waals surface area contributed by atoms with Crippen molar-refractivity contribution in [1.29, 1.82) is 0 Å². The first-order chi connectivity index (χ1) is 13.6. The van der Waals surface area contributed by atoms with Crippen molar-refractivity contribution in [2.24, 2.45) is 10.9 Å². The highest BCUT2D eigenvalue weighted by molar-refractivity contribution is 14.0. The van der Waals surface area contributed by atoms with E-state index in [4.69, 9.17) is 0 Å². The van der Waals surface area contributed by atoms with Crippen molar-refractivity contribution in [3.63, 3.8) is 0 Å². The van der Waals surface area contributed by atoms with E-state index >= 15 is 0 Å². The van der Waals surface area contributed by atoms with Crippen LogP contribution in [0.1, 0.15) is 44.1 Å². The summed E-state index contributed by atoms with van der Waals surface area (Å²) in [5.74, 6) is 0.278. The lowest BCUT2D eigenvalue weighted by atomic mass is 9.88. The third-order valence-corrected chi connectivity index (χ3v) is 5.71. The molecule has 0 aromatic heterocycles. The number of carbonyl (C=O) groups excluding carboxylic acids is 1. The molecule has 1 aliphatic heterocycles. The van der Waals surface area contributed by atoms with Crippen LogP contribution in [0.15, 0.2) is 23.2 Å². The number of hydrogen-bond donors (Lipinski definition) is 2. The monoisotopic (exact) mass is 520 g/mol. The van der Waals surface area contributed by atoms with Crippen molar-refractivity contribution in [2.45, 2.75) is 51.0 Å².